The zero-order valence-corrected chi connectivity index (χ0v) is 14.8. The molecule has 0 amide bonds. The Balaban J connectivity index is 2.72. The lowest BCUT2D eigenvalue weighted by atomic mass is 9.80. The fourth-order valence-corrected chi connectivity index (χ4v) is 3.00. The molecule has 1 atom stereocenters. The number of allylic oxidation sites excluding steroid dienone is 2. The molecule has 126 valence electrons. The van der Waals surface area contributed by atoms with Crippen LogP contribution in [0.15, 0.2) is 34.9 Å². The van der Waals surface area contributed by atoms with Gasteiger partial charge in [0.25, 0.3) is 0 Å². The number of rotatable bonds is 3. The van der Waals surface area contributed by atoms with Crippen LogP contribution >= 0.6 is 11.6 Å². The number of nitrogens with zero attached hydrogens (tertiary/aromatic N) is 1. The SMILES string of the molecule is CCOC(=O)C1=C(C)OC(N)=C(C#N)C1c1cc(C)c(Cl)cc1C. The van der Waals surface area contributed by atoms with Gasteiger partial charge in [-0.25, -0.2) is 4.79 Å². The molecule has 0 fully saturated rings. The van der Waals surface area contributed by atoms with Crippen molar-refractivity contribution in [3.63, 3.8) is 0 Å². The third-order valence-corrected chi connectivity index (χ3v) is 4.37. The van der Waals surface area contributed by atoms with E-state index in [0.29, 0.717) is 10.8 Å². The minimum atomic E-state index is -0.640. The van der Waals surface area contributed by atoms with Crippen molar-refractivity contribution in [1.29, 1.82) is 5.26 Å². The molecule has 0 saturated carbocycles. The summed E-state index contributed by atoms with van der Waals surface area (Å²) in [7, 11) is 0. The molecule has 1 heterocycles. The average Bonchev–Trinajstić information content (AvgIpc) is 2.50. The highest BCUT2D eigenvalue weighted by molar-refractivity contribution is 6.31. The highest BCUT2D eigenvalue weighted by Gasteiger charge is 2.37. The summed E-state index contributed by atoms with van der Waals surface area (Å²) in [6, 6.07) is 5.74. The number of aryl methyl sites for hydroxylation is 2. The summed E-state index contributed by atoms with van der Waals surface area (Å²) >= 11 is 6.17. The molecule has 0 radical (unpaired) electrons. The van der Waals surface area contributed by atoms with Crippen molar-refractivity contribution in [3.05, 3.63) is 56.6 Å². The monoisotopic (exact) mass is 346 g/mol. The zero-order chi connectivity index (χ0) is 18.0. The summed E-state index contributed by atoms with van der Waals surface area (Å²) in [5, 5.41) is 10.2. The number of nitriles is 1. The molecule has 0 saturated heterocycles. The molecule has 1 unspecified atom stereocenters. The number of hydrogen-bond donors (Lipinski definition) is 1. The average molecular weight is 347 g/mol. The summed E-state index contributed by atoms with van der Waals surface area (Å²) in [6.07, 6.45) is 0. The minimum absolute atomic E-state index is 0.0000477. The molecule has 2 N–H and O–H groups in total. The van der Waals surface area contributed by atoms with Crippen LogP contribution in [0.1, 0.15) is 36.5 Å². The molecular formula is C18H19ClN2O3. The number of halogens is 1. The second-order valence-corrected chi connectivity index (χ2v) is 5.98. The summed E-state index contributed by atoms with van der Waals surface area (Å²) in [5.74, 6) is -0.826. The van der Waals surface area contributed by atoms with E-state index in [0.717, 1.165) is 16.7 Å². The summed E-state index contributed by atoms with van der Waals surface area (Å²) < 4.78 is 10.6. The summed E-state index contributed by atoms with van der Waals surface area (Å²) in [4.78, 5) is 12.5. The van der Waals surface area contributed by atoms with Gasteiger partial charge in [0.05, 0.1) is 18.1 Å². The van der Waals surface area contributed by atoms with Crippen LogP contribution in [-0.4, -0.2) is 12.6 Å². The van der Waals surface area contributed by atoms with Crippen LogP contribution in [0.25, 0.3) is 0 Å². The number of benzene rings is 1. The van der Waals surface area contributed by atoms with E-state index in [9.17, 15) is 10.1 Å². The molecular weight excluding hydrogens is 328 g/mol. The van der Waals surface area contributed by atoms with Crippen molar-refractivity contribution >= 4 is 17.6 Å². The first-order valence-corrected chi connectivity index (χ1v) is 7.91. The van der Waals surface area contributed by atoms with Gasteiger partial charge >= 0.3 is 5.97 Å². The Hall–Kier alpha value is -2.45. The molecule has 0 aliphatic carbocycles. The summed E-state index contributed by atoms with van der Waals surface area (Å²) in [6.45, 7) is 7.32. The smallest absolute Gasteiger partial charge is 0.338 e. The van der Waals surface area contributed by atoms with Gasteiger partial charge < -0.3 is 15.2 Å². The van der Waals surface area contributed by atoms with E-state index < -0.39 is 11.9 Å². The van der Waals surface area contributed by atoms with E-state index in [1.165, 1.54) is 0 Å². The van der Waals surface area contributed by atoms with Crippen LogP contribution in [0.4, 0.5) is 0 Å². The van der Waals surface area contributed by atoms with Crippen LogP contribution in [-0.2, 0) is 14.3 Å². The van der Waals surface area contributed by atoms with Crippen LogP contribution in [0.5, 0.6) is 0 Å². The Bertz CT molecular complexity index is 803. The normalized spacial score (nSPS) is 17.4. The second kappa shape index (κ2) is 6.98. The van der Waals surface area contributed by atoms with Crippen LogP contribution < -0.4 is 5.73 Å². The van der Waals surface area contributed by atoms with Gasteiger partial charge in [0.1, 0.15) is 17.4 Å². The first kappa shape index (κ1) is 17.9. The largest absolute Gasteiger partial charge is 0.463 e. The minimum Gasteiger partial charge on any atom is -0.463 e. The van der Waals surface area contributed by atoms with Crippen molar-refractivity contribution in [2.24, 2.45) is 5.73 Å². The van der Waals surface area contributed by atoms with E-state index >= 15 is 0 Å². The van der Waals surface area contributed by atoms with Crippen molar-refractivity contribution in [2.75, 3.05) is 6.61 Å². The lowest BCUT2D eigenvalue weighted by Gasteiger charge is -2.28. The van der Waals surface area contributed by atoms with E-state index in [4.69, 9.17) is 26.8 Å². The van der Waals surface area contributed by atoms with Gasteiger partial charge in [-0.05, 0) is 50.5 Å². The quantitative estimate of drug-likeness (QED) is 0.845. The first-order chi connectivity index (χ1) is 11.3. The molecule has 24 heavy (non-hydrogen) atoms. The fraction of sp³-hybridized carbons (Fsp3) is 0.333. The number of nitrogens with two attached hydrogens (primary N) is 1. The maximum Gasteiger partial charge on any atom is 0.338 e. The molecule has 1 aromatic rings. The van der Waals surface area contributed by atoms with Crippen LogP contribution in [0, 0.1) is 25.2 Å². The maximum absolute atomic E-state index is 12.5. The van der Waals surface area contributed by atoms with Gasteiger partial charge in [-0.1, -0.05) is 17.7 Å². The van der Waals surface area contributed by atoms with Crippen LogP contribution in [0.3, 0.4) is 0 Å². The Morgan fingerprint density at radius 2 is 2.04 bits per heavy atom. The number of carbonyl (C=O) groups excluding carboxylic acids is 1. The van der Waals surface area contributed by atoms with E-state index in [-0.39, 0.29) is 23.6 Å². The fourth-order valence-electron chi connectivity index (χ4n) is 2.78. The lowest BCUT2D eigenvalue weighted by Crippen LogP contribution is -2.26. The Kier molecular flexibility index (Phi) is 5.20. The van der Waals surface area contributed by atoms with Gasteiger partial charge in [-0.15, -0.1) is 0 Å². The Morgan fingerprint density at radius 3 is 2.62 bits per heavy atom. The molecule has 1 aromatic carbocycles. The molecule has 1 aliphatic rings. The van der Waals surface area contributed by atoms with Crippen molar-refractivity contribution in [3.8, 4) is 6.07 Å². The highest BCUT2D eigenvalue weighted by Crippen LogP contribution is 2.41. The molecule has 0 bridgehead atoms. The topological polar surface area (TPSA) is 85.3 Å². The predicted molar refractivity (Wildman–Crippen MR) is 90.9 cm³/mol. The second-order valence-electron chi connectivity index (χ2n) is 5.57. The van der Waals surface area contributed by atoms with Gasteiger partial charge in [0, 0.05) is 5.02 Å². The number of ether oxygens (including phenoxy) is 2. The third kappa shape index (κ3) is 3.10. The first-order valence-electron chi connectivity index (χ1n) is 7.53. The highest BCUT2D eigenvalue weighted by atomic mass is 35.5. The van der Waals surface area contributed by atoms with E-state index in [1.54, 1.807) is 13.8 Å². The standard InChI is InChI=1S/C18H19ClN2O3/c1-5-23-18(22)15-11(4)24-17(21)13(8-20)16(15)12-6-10(3)14(19)7-9(12)2/h6-7,16H,5,21H2,1-4H3. The molecule has 6 heteroatoms. The third-order valence-electron chi connectivity index (χ3n) is 3.96. The number of carbonyl (C=O) groups is 1. The number of hydrogen-bond acceptors (Lipinski definition) is 5. The van der Waals surface area contributed by atoms with Gasteiger partial charge in [0.2, 0.25) is 5.88 Å². The van der Waals surface area contributed by atoms with Crippen molar-refractivity contribution in [1.82, 2.24) is 0 Å². The molecule has 0 spiro atoms. The molecule has 0 aromatic heterocycles. The van der Waals surface area contributed by atoms with E-state index in [2.05, 4.69) is 6.07 Å². The molecule has 5 nitrogen and oxygen atoms in total. The molecule has 1 aliphatic heterocycles. The maximum atomic E-state index is 12.5. The molecule has 2 rings (SSSR count). The lowest BCUT2D eigenvalue weighted by molar-refractivity contribution is -0.139. The Labute approximate surface area is 146 Å². The van der Waals surface area contributed by atoms with Crippen molar-refractivity contribution in [2.45, 2.75) is 33.6 Å². The number of esters is 1. The Morgan fingerprint density at radius 1 is 1.38 bits per heavy atom. The van der Waals surface area contributed by atoms with Crippen LogP contribution in [0.2, 0.25) is 5.02 Å². The van der Waals surface area contributed by atoms with Gasteiger partial charge in [-0.3, -0.25) is 0 Å². The predicted octanol–water partition coefficient (Wildman–Crippen LogP) is 3.60. The van der Waals surface area contributed by atoms with Gasteiger partial charge in [0.15, 0.2) is 0 Å². The summed E-state index contributed by atoms with van der Waals surface area (Å²) in [5.41, 5.74) is 8.84. The zero-order valence-electron chi connectivity index (χ0n) is 14.1. The van der Waals surface area contributed by atoms with Crippen molar-refractivity contribution < 1.29 is 14.3 Å². The van der Waals surface area contributed by atoms with Gasteiger partial charge in [-0.2, -0.15) is 5.26 Å². The van der Waals surface area contributed by atoms with E-state index in [1.807, 2.05) is 26.0 Å².